The van der Waals surface area contributed by atoms with E-state index in [0.717, 1.165) is 0 Å². The molecule has 0 rings (SSSR count). The van der Waals surface area contributed by atoms with Gasteiger partial charge in [0.25, 0.3) is 0 Å². The van der Waals surface area contributed by atoms with Crippen LogP contribution in [-0.2, 0) is 56.9 Å². The van der Waals surface area contributed by atoms with Gasteiger partial charge < -0.3 is 56.9 Å². The molecule has 10 heavy (non-hydrogen) atoms. The molecule has 0 fully saturated rings. The second kappa shape index (κ2) is 81.5. The summed E-state index contributed by atoms with van der Waals surface area (Å²) in [4.78, 5) is 0. The SMILES string of the molecule is [Dy+3].[Dy+3].[Dy+3].[Dy+3].[O-2].[O-2].[O-2].[S-2].[S-2].[S-2]. The van der Waals surface area contributed by atoms with Gasteiger partial charge in [0.1, 0.15) is 0 Å². The fraction of sp³-hybridized carbons (Fsp3) is 0. The van der Waals surface area contributed by atoms with Crippen LogP contribution in [0, 0.1) is 153 Å². The van der Waals surface area contributed by atoms with Gasteiger partial charge in [-0.1, -0.05) is 0 Å². The summed E-state index contributed by atoms with van der Waals surface area (Å²) in [5, 5.41) is 0. The molecule has 76 valence electrons. The van der Waals surface area contributed by atoms with Crippen LogP contribution in [0.15, 0.2) is 0 Å². The molecule has 0 aromatic carbocycles. The Morgan fingerprint density at radius 1 is 0.300 bits per heavy atom. The van der Waals surface area contributed by atoms with Gasteiger partial charge >= 0.3 is 153 Å². The van der Waals surface area contributed by atoms with E-state index in [2.05, 4.69) is 0 Å². The molecule has 0 aromatic rings. The monoisotopic (exact) mass is 800 g/mol. The Morgan fingerprint density at radius 2 is 0.300 bits per heavy atom. The summed E-state index contributed by atoms with van der Waals surface area (Å²) in [5.41, 5.74) is 0. The fourth-order valence-electron chi connectivity index (χ4n) is 0. The predicted octanol–water partition coefficient (Wildman–Crippen LogP) is -0.364. The molecule has 0 heterocycles. The Labute approximate surface area is 203 Å². The molecule has 0 amide bonds. The first-order valence-electron chi connectivity index (χ1n) is 0. The number of hydrogen-bond acceptors (Lipinski definition) is 0. The zero-order valence-electron chi connectivity index (χ0n) is 3.71. The summed E-state index contributed by atoms with van der Waals surface area (Å²) in [6, 6.07) is 0. The van der Waals surface area contributed by atoms with Gasteiger partial charge in [0, 0.05) is 0 Å². The molecule has 0 bridgehead atoms. The van der Waals surface area contributed by atoms with Crippen molar-refractivity contribution in [2.24, 2.45) is 0 Å². The summed E-state index contributed by atoms with van der Waals surface area (Å²) in [6.07, 6.45) is 0. The molecule has 0 saturated carbocycles. The second-order valence-electron chi connectivity index (χ2n) is 0. The van der Waals surface area contributed by atoms with Gasteiger partial charge in [-0.25, -0.2) is 0 Å². The topological polar surface area (TPSA) is 85.5 Å². The third-order valence-electron chi connectivity index (χ3n) is 0. The van der Waals surface area contributed by atoms with Crippen LogP contribution >= 0.6 is 0 Å². The summed E-state index contributed by atoms with van der Waals surface area (Å²) < 4.78 is 0. The smallest absolute Gasteiger partial charge is 2.00 e. The van der Waals surface area contributed by atoms with E-state index in [1.54, 1.807) is 0 Å². The molecule has 0 atom stereocenters. The van der Waals surface area contributed by atoms with Crippen molar-refractivity contribution in [3.63, 3.8) is 0 Å². The van der Waals surface area contributed by atoms with E-state index in [0.29, 0.717) is 0 Å². The normalized spacial score (nSPS) is 0. The maximum atomic E-state index is 0. The van der Waals surface area contributed by atoms with E-state index in [9.17, 15) is 0 Å². The minimum absolute atomic E-state index is 0. The van der Waals surface area contributed by atoms with Crippen LogP contribution in [-0.4, -0.2) is 0 Å². The summed E-state index contributed by atoms with van der Waals surface area (Å²) in [7, 11) is 0. The molecule has 0 aliphatic heterocycles. The molecule has 0 aliphatic rings. The van der Waals surface area contributed by atoms with Gasteiger partial charge in [0.15, 0.2) is 0 Å². The first-order chi connectivity index (χ1) is 0. The van der Waals surface area contributed by atoms with Gasteiger partial charge in [-0.3, -0.25) is 0 Å². The Balaban J connectivity index is 0. The van der Waals surface area contributed by atoms with Gasteiger partial charge in [0.05, 0.1) is 0 Å². The Bertz CT molecular complexity index is 15.7. The summed E-state index contributed by atoms with van der Waals surface area (Å²) >= 11 is 0. The Hall–Kier alpha value is 6.02. The standard InChI is InChI=1S/4Dy.3O.3S/q4*+3;6*-2. The minimum atomic E-state index is 0. The van der Waals surface area contributed by atoms with Gasteiger partial charge in [-0.15, -0.1) is 0 Å². The van der Waals surface area contributed by atoms with E-state index >= 15 is 0 Å². The van der Waals surface area contributed by atoms with E-state index in [1.807, 2.05) is 0 Å². The Kier molecular flexibility index (Phi) is 812. The first-order valence-corrected chi connectivity index (χ1v) is 0. The minimum Gasteiger partial charge on any atom is -2.00 e. The molecule has 10 heteroatoms. The molecule has 0 spiro atoms. The second-order valence-corrected chi connectivity index (χ2v) is 0. The van der Waals surface area contributed by atoms with Crippen molar-refractivity contribution in [2.75, 3.05) is 0 Å². The predicted molar refractivity (Wildman–Crippen MR) is 24.2 cm³/mol. The average Bonchev–Trinajstić information content (AvgIpc) is 0. The molecular formula is Dy4O3S3. The van der Waals surface area contributed by atoms with Crippen molar-refractivity contribution in [1.82, 2.24) is 0 Å². The van der Waals surface area contributed by atoms with Crippen molar-refractivity contribution in [1.29, 1.82) is 0 Å². The van der Waals surface area contributed by atoms with Gasteiger partial charge in [0.2, 0.25) is 0 Å². The van der Waals surface area contributed by atoms with Gasteiger partial charge in [-0.05, 0) is 0 Å². The average molecular weight is 794 g/mol. The van der Waals surface area contributed by atoms with Crippen LogP contribution in [0.4, 0.5) is 0 Å². The molecule has 0 saturated heterocycles. The molecule has 0 aromatic heterocycles. The molecule has 0 unspecified atom stereocenters. The zero-order valence-corrected chi connectivity index (χ0v) is 14.3. The molecule has 0 N–H and O–H groups in total. The third-order valence-corrected chi connectivity index (χ3v) is 0. The van der Waals surface area contributed by atoms with Crippen molar-refractivity contribution < 1.29 is 169 Å². The quantitative estimate of drug-likeness (QED) is 0.321. The van der Waals surface area contributed by atoms with Crippen LogP contribution in [0.3, 0.4) is 0 Å². The number of hydrogen-bond donors (Lipinski definition) is 0. The van der Waals surface area contributed by atoms with Gasteiger partial charge in [-0.2, -0.15) is 0 Å². The zero-order chi connectivity index (χ0) is 0. The Morgan fingerprint density at radius 3 is 0.300 bits per heavy atom. The van der Waals surface area contributed by atoms with Crippen molar-refractivity contribution in [3.05, 3.63) is 0 Å². The van der Waals surface area contributed by atoms with Crippen molar-refractivity contribution in [2.45, 2.75) is 0 Å². The van der Waals surface area contributed by atoms with Crippen molar-refractivity contribution in [3.8, 4) is 0 Å². The van der Waals surface area contributed by atoms with Crippen LogP contribution in [0.25, 0.3) is 0 Å². The third kappa shape index (κ3) is 65.6. The number of rotatable bonds is 0. The van der Waals surface area contributed by atoms with Crippen LogP contribution in [0.1, 0.15) is 0 Å². The maximum Gasteiger partial charge on any atom is 3.00 e. The van der Waals surface area contributed by atoms with Crippen molar-refractivity contribution >= 4 is 40.5 Å². The van der Waals surface area contributed by atoms with E-state index in [1.165, 1.54) is 0 Å². The first kappa shape index (κ1) is 99.7. The molecule has 3 nitrogen and oxygen atoms in total. The molecular weight excluding hydrogens is 794 g/mol. The van der Waals surface area contributed by atoms with Crippen LogP contribution < -0.4 is 0 Å². The largest absolute Gasteiger partial charge is 3.00 e. The molecule has 4 radical (unpaired) electrons. The van der Waals surface area contributed by atoms with Crippen LogP contribution in [0.5, 0.6) is 0 Å². The summed E-state index contributed by atoms with van der Waals surface area (Å²) in [6.45, 7) is 0. The summed E-state index contributed by atoms with van der Waals surface area (Å²) in [5.74, 6) is 0. The van der Waals surface area contributed by atoms with E-state index in [-0.39, 0.29) is 210 Å². The fourth-order valence-corrected chi connectivity index (χ4v) is 0. The van der Waals surface area contributed by atoms with E-state index < -0.39 is 0 Å². The van der Waals surface area contributed by atoms with Crippen LogP contribution in [0.2, 0.25) is 0 Å². The van der Waals surface area contributed by atoms with E-state index in [4.69, 9.17) is 0 Å². The maximum absolute atomic E-state index is 0. The molecule has 0 aliphatic carbocycles.